The fourth-order valence-electron chi connectivity index (χ4n) is 1.93. The van der Waals surface area contributed by atoms with Crippen molar-refractivity contribution in [3.63, 3.8) is 0 Å². The second-order valence-electron chi connectivity index (χ2n) is 5.68. The molecule has 0 bridgehead atoms. The van der Waals surface area contributed by atoms with E-state index >= 15 is 0 Å². The second kappa shape index (κ2) is 9.25. The molecule has 0 atom stereocenters. The van der Waals surface area contributed by atoms with Gasteiger partial charge in [-0.1, -0.05) is 37.0 Å². The lowest BCUT2D eigenvalue weighted by molar-refractivity contribution is -0.118. The lowest BCUT2D eigenvalue weighted by Gasteiger charge is -2.09. The first-order chi connectivity index (χ1) is 11.1. The minimum absolute atomic E-state index is 0.0333. The first-order valence-corrected chi connectivity index (χ1v) is 9.89. The Morgan fingerprint density at radius 1 is 1.08 bits per heavy atom. The molecule has 0 unspecified atom stereocenters. The topological polar surface area (TPSA) is 92.3 Å². The van der Waals surface area contributed by atoms with Crippen molar-refractivity contribution in [1.29, 1.82) is 0 Å². The molecule has 0 aliphatic heterocycles. The summed E-state index contributed by atoms with van der Waals surface area (Å²) in [5, 5.41) is 5.67. The molecule has 0 heterocycles. The fourth-order valence-corrected chi connectivity index (χ4v) is 3.87. The van der Waals surface area contributed by atoms with E-state index in [4.69, 9.17) is 23.2 Å². The SMILES string of the molecule is CC(C)CS(=O)(=O)CC(=O)NCCNC(=O)c1ccc(Cl)c(Cl)c1. The van der Waals surface area contributed by atoms with Crippen LogP contribution in [0.1, 0.15) is 24.2 Å². The Labute approximate surface area is 151 Å². The third-order valence-electron chi connectivity index (χ3n) is 2.85. The Bertz CT molecular complexity index is 705. The molecule has 6 nitrogen and oxygen atoms in total. The van der Waals surface area contributed by atoms with Gasteiger partial charge < -0.3 is 10.6 Å². The Morgan fingerprint density at radius 2 is 1.71 bits per heavy atom. The molecule has 0 spiro atoms. The summed E-state index contributed by atoms with van der Waals surface area (Å²) in [6.45, 7) is 3.83. The van der Waals surface area contributed by atoms with E-state index in [1.807, 2.05) is 0 Å². The van der Waals surface area contributed by atoms with Crippen LogP contribution in [-0.4, -0.2) is 44.8 Å². The van der Waals surface area contributed by atoms with E-state index in [9.17, 15) is 18.0 Å². The molecule has 0 fully saturated rings. The van der Waals surface area contributed by atoms with Crippen molar-refractivity contribution in [3.8, 4) is 0 Å². The Morgan fingerprint density at radius 3 is 2.29 bits per heavy atom. The van der Waals surface area contributed by atoms with Crippen molar-refractivity contribution in [3.05, 3.63) is 33.8 Å². The summed E-state index contributed by atoms with van der Waals surface area (Å²) in [5.74, 6) is -1.57. The Hall–Kier alpha value is -1.31. The summed E-state index contributed by atoms with van der Waals surface area (Å²) in [6.07, 6.45) is 0. The molecule has 9 heteroatoms. The van der Waals surface area contributed by atoms with Crippen LogP contribution in [0.25, 0.3) is 0 Å². The number of carbonyl (C=O) groups is 2. The van der Waals surface area contributed by atoms with Crippen LogP contribution in [0, 0.1) is 5.92 Å². The van der Waals surface area contributed by atoms with E-state index in [0.29, 0.717) is 10.6 Å². The molecule has 134 valence electrons. The summed E-state index contributed by atoms with van der Waals surface area (Å²) < 4.78 is 23.4. The molecule has 1 aromatic carbocycles. The normalized spacial score (nSPS) is 11.4. The zero-order valence-corrected chi connectivity index (χ0v) is 15.8. The first-order valence-electron chi connectivity index (χ1n) is 7.31. The summed E-state index contributed by atoms with van der Waals surface area (Å²) in [7, 11) is -3.41. The van der Waals surface area contributed by atoms with Gasteiger partial charge in [0.05, 0.1) is 15.8 Å². The van der Waals surface area contributed by atoms with E-state index in [1.54, 1.807) is 13.8 Å². The van der Waals surface area contributed by atoms with Gasteiger partial charge in [0.2, 0.25) is 5.91 Å². The third-order valence-corrected chi connectivity index (χ3v) is 5.47. The Kier molecular flexibility index (Phi) is 7.99. The maximum atomic E-state index is 11.9. The van der Waals surface area contributed by atoms with Crippen LogP contribution in [0.4, 0.5) is 0 Å². The molecule has 0 saturated heterocycles. The van der Waals surface area contributed by atoms with Gasteiger partial charge in [-0.05, 0) is 24.1 Å². The molecule has 24 heavy (non-hydrogen) atoms. The van der Waals surface area contributed by atoms with Crippen molar-refractivity contribution < 1.29 is 18.0 Å². The van der Waals surface area contributed by atoms with Crippen molar-refractivity contribution in [2.45, 2.75) is 13.8 Å². The summed E-state index contributed by atoms with van der Waals surface area (Å²) in [6, 6.07) is 4.48. The van der Waals surface area contributed by atoms with Crippen LogP contribution in [-0.2, 0) is 14.6 Å². The maximum absolute atomic E-state index is 11.9. The van der Waals surface area contributed by atoms with Gasteiger partial charge in [0.15, 0.2) is 9.84 Å². The van der Waals surface area contributed by atoms with Crippen molar-refractivity contribution in [1.82, 2.24) is 10.6 Å². The second-order valence-corrected chi connectivity index (χ2v) is 8.61. The number of rotatable bonds is 8. The first kappa shape index (κ1) is 20.7. The lowest BCUT2D eigenvalue weighted by Crippen LogP contribution is -2.38. The van der Waals surface area contributed by atoms with Gasteiger partial charge in [-0.3, -0.25) is 9.59 Å². The Balaban J connectivity index is 2.36. The average molecular weight is 395 g/mol. The number of amides is 2. The molecule has 1 aromatic rings. The van der Waals surface area contributed by atoms with E-state index in [-0.39, 0.29) is 35.7 Å². The zero-order valence-electron chi connectivity index (χ0n) is 13.4. The van der Waals surface area contributed by atoms with Gasteiger partial charge in [-0.25, -0.2) is 8.42 Å². The predicted octanol–water partition coefficient (Wildman–Crippen LogP) is 1.91. The van der Waals surface area contributed by atoms with Gasteiger partial charge in [0.1, 0.15) is 5.75 Å². The van der Waals surface area contributed by atoms with E-state index < -0.39 is 21.5 Å². The molecule has 0 aliphatic carbocycles. The number of hydrogen-bond acceptors (Lipinski definition) is 4. The van der Waals surface area contributed by atoms with Crippen LogP contribution in [0.15, 0.2) is 18.2 Å². The summed E-state index contributed by atoms with van der Waals surface area (Å²) in [5.41, 5.74) is 0.343. The molecule has 0 aliphatic rings. The van der Waals surface area contributed by atoms with Crippen LogP contribution in [0.3, 0.4) is 0 Å². The number of halogens is 2. The fraction of sp³-hybridized carbons (Fsp3) is 0.467. The molecular weight excluding hydrogens is 375 g/mol. The molecule has 2 amide bonds. The smallest absolute Gasteiger partial charge is 0.251 e. The monoisotopic (exact) mass is 394 g/mol. The van der Waals surface area contributed by atoms with Crippen LogP contribution >= 0.6 is 23.2 Å². The molecule has 0 radical (unpaired) electrons. The van der Waals surface area contributed by atoms with E-state index in [0.717, 1.165) is 0 Å². The van der Waals surface area contributed by atoms with Crippen molar-refractivity contribution in [2.24, 2.45) is 5.92 Å². The average Bonchev–Trinajstić information content (AvgIpc) is 2.44. The highest BCUT2D eigenvalue weighted by Gasteiger charge is 2.17. The molecule has 0 saturated carbocycles. The van der Waals surface area contributed by atoms with Gasteiger partial charge >= 0.3 is 0 Å². The minimum atomic E-state index is -3.41. The highest BCUT2D eigenvalue weighted by atomic mass is 35.5. The van der Waals surface area contributed by atoms with Gasteiger partial charge in [0, 0.05) is 18.7 Å². The largest absolute Gasteiger partial charge is 0.353 e. The van der Waals surface area contributed by atoms with E-state index in [2.05, 4.69) is 10.6 Å². The highest BCUT2D eigenvalue weighted by molar-refractivity contribution is 7.92. The van der Waals surface area contributed by atoms with Gasteiger partial charge in [-0.2, -0.15) is 0 Å². The van der Waals surface area contributed by atoms with Crippen LogP contribution in [0.2, 0.25) is 10.0 Å². The van der Waals surface area contributed by atoms with Crippen molar-refractivity contribution in [2.75, 3.05) is 24.6 Å². The number of hydrogen-bond donors (Lipinski definition) is 2. The number of sulfone groups is 1. The van der Waals surface area contributed by atoms with Gasteiger partial charge in [-0.15, -0.1) is 0 Å². The number of carbonyl (C=O) groups excluding carboxylic acids is 2. The maximum Gasteiger partial charge on any atom is 0.251 e. The molecule has 1 rings (SSSR count). The highest BCUT2D eigenvalue weighted by Crippen LogP contribution is 2.22. The standard InChI is InChI=1S/C15H20Cl2N2O4S/c1-10(2)8-24(22,23)9-14(20)18-5-6-19-15(21)11-3-4-12(16)13(17)7-11/h3-4,7,10H,5-6,8-9H2,1-2H3,(H,18,20)(H,19,21). The lowest BCUT2D eigenvalue weighted by atomic mass is 10.2. The molecule has 0 aromatic heterocycles. The summed E-state index contributed by atoms with van der Waals surface area (Å²) >= 11 is 11.6. The van der Waals surface area contributed by atoms with E-state index in [1.165, 1.54) is 18.2 Å². The zero-order chi connectivity index (χ0) is 18.3. The van der Waals surface area contributed by atoms with Crippen molar-refractivity contribution >= 4 is 44.9 Å². The number of benzene rings is 1. The number of nitrogens with one attached hydrogen (secondary N) is 2. The van der Waals surface area contributed by atoms with Gasteiger partial charge in [0.25, 0.3) is 5.91 Å². The predicted molar refractivity (Wildman–Crippen MR) is 95.3 cm³/mol. The van der Waals surface area contributed by atoms with Crippen LogP contribution < -0.4 is 10.6 Å². The molecular formula is C15H20Cl2N2O4S. The minimum Gasteiger partial charge on any atom is -0.353 e. The quantitative estimate of drug-likeness (QED) is 0.658. The third kappa shape index (κ3) is 7.51. The summed E-state index contributed by atoms with van der Waals surface area (Å²) in [4.78, 5) is 23.5. The molecule has 2 N–H and O–H groups in total. The van der Waals surface area contributed by atoms with Crippen LogP contribution in [0.5, 0.6) is 0 Å².